The zero-order chi connectivity index (χ0) is 20.4. The summed E-state index contributed by atoms with van der Waals surface area (Å²) in [6, 6.07) is 17.4. The Bertz CT molecular complexity index is 1100. The number of para-hydroxylation sites is 1. The number of amides is 2. The van der Waals surface area contributed by atoms with Crippen molar-refractivity contribution in [2.45, 2.75) is 6.42 Å². The van der Waals surface area contributed by atoms with Crippen molar-refractivity contribution in [2.24, 2.45) is 7.05 Å². The average molecular weight is 407 g/mol. The Morgan fingerprint density at radius 2 is 1.69 bits per heavy atom. The molecule has 0 saturated carbocycles. The molecule has 2 aromatic carbocycles. The smallest absolute Gasteiger partial charge is 0.267 e. The highest BCUT2D eigenvalue weighted by Gasteiger charge is 2.38. The molecule has 0 saturated heterocycles. The van der Waals surface area contributed by atoms with Crippen LogP contribution in [0, 0.1) is 0 Å². The fraction of sp³-hybridized carbons (Fsp3) is 0.217. The van der Waals surface area contributed by atoms with Crippen molar-refractivity contribution >= 4 is 40.1 Å². The number of hydrogen-bond donors (Lipinski definition) is 1. The maximum atomic E-state index is 13.1. The number of imide groups is 1. The number of fused-ring (bicyclic) bond motifs is 1. The number of carbonyl (C=O) groups is 2. The van der Waals surface area contributed by atoms with Crippen LogP contribution in [0.3, 0.4) is 0 Å². The molecule has 0 bridgehead atoms. The summed E-state index contributed by atoms with van der Waals surface area (Å²) in [6.07, 6.45) is 2.65. The normalized spacial score (nSPS) is 14.5. The van der Waals surface area contributed by atoms with Gasteiger partial charge in [0.05, 0.1) is 17.1 Å². The molecule has 1 aromatic heterocycles. The van der Waals surface area contributed by atoms with E-state index in [0.29, 0.717) is 29.2 Å². The second-order valence-electron chi connectivity index (χ2n) is 6.94. The molecule has 6 heteroatoms. The third-order valence-corrected chi connectivity index (χ3v) is 6.16. The Balaban J connectivity index is 1.60. The first kappa shape index (κ1) is 19.5. The maximum Gasteiger partial charge on any atom is 0.267 e. The zero-order valence-corrected chi connectivity index (χ0v) is 17.0. The standard InChI is InChI=1S/C23H22N2O3S/c1-24-15-17(18-9-5-6-10-19(18)24)11-12-25-22(27)20(16-7-3-2-4-8-16)21(23(25)28)29-14-13-26/h2-10,15,26H,11-14H2,1H3. The fourth-order valence-corrected chi connectivity index (χ4v) is 4.63. The summed E-state index contributed by atoms with van der Waals surface area (Å²) in [4.78, 5) is 27.9. The summed E-state index contributed by atoms with van der Waals surface area (Å²) in [5.41, 5.74) is 3.41. The van der Waals surface area contributed by atoms with Gasteiger partial charge in [-0.1, -0.05) is 48.5 Å². The lowest BCUT2D eigenvalue weighted by Crippen LogP contribution is -2.33. The molecule has 29 heavy (non-hydrogen) atoms. The Labute approximate surface area is 173 Å². The van der Waals surface area contributed by atoms with Crippen LogP contribution in [-0.4, -0.2) is 45.3 Å². The van der Waals surface area contributed by atoms with Gasteiger partial charge in [0.1, 0.15) is 0 Å². The van der Waals surface area contributed by atoms with Gasteiger partial charge in [-0.15, -0.1) is 11.8 Å². The summed E-state index contributed by atoms with van der Waals surface area (Å²) in [5, 5.41) is 10.3. The van der Waals surface area contributed by atoms with Crippen LogP contribution in [0.5, 0.6) is 0 Å². The second kappa shape index (κ2) is 8.27. The van der Waals surface area contributed by atoms with Crippen molar-refractivity contribution in [3.63, 3.8) is 0 Å². The van der Waals surface area contributed by atoms with Crippen molar-refractivity contribution in [2.75, 3.05) is 18.9 Å². The summed E-state index contributed by atoms with van der Waals surface area (Å²) in [7, 11) is 2.00. The number of aromatic nitrogens is 1. The van der Waals surface area contributed by atoms with E-state index in [0.717, 1.165) is 22.0 Å². The topological polar surface area (TPSA) is 62.5 Å². The van der Waals surface area contributed by atoms with Crippen LogP contribution in [0.4, 0.5) is 0 Å². The highest BCUT2D eigenvalue weighted by atomic mass is 32.2. The lowest BCUT2D eigenvalue weighted by Gasteiger charge is -2.15. The molecule has 0 unspecified atom stereocenters. The molecule has 2 amide bonds. The van der Waals surface area contributed by atoms with Gasteiger partial charge in [-0.3, -0.25) is 14.5 Å². The van der Waals surface area contributed by atoms with Crippen molar-refractivity contribution in [1.82, 2.24) is 9.47 Å². The monoisotopic (exact) mass is 406 g/mol. The molecule has 0 spiro atoms. The molecule has 1 aliphatic rings. The van der Waals surface area contributed by atoms with E-state index in [2.05, 4.69) is 22.9 Å². The van der Waals surface area contributed by atoms with Gasteiger partial charge in [0.2, 0.25) is 0 Å². The van der Waals surface area contributed by atoms with Crippen LogP contribution in [0.15, 0.2) is 65.7 Å². The average Bonchev–Trinajstić information content (AvgIpc) is 3.19. The predicted molar refractivity (Wildman–Crippen MR) is 116 cm³/mol. The van der Waals surface area contributed by atoms with Gasteiger partial charge in [-0.25, -0.2) is 0 Å². The van der Waals surface area contributed by atoms with Crippen LogP contribution in [0.1, 0.15) is 11.1 Å². The number of thioether (sulfide) groups is 1. The van der Waals surface area contributed by atoms with E-state index in [9.17, 15) is 14.7 Å². The molecule has 2 heterocycles. The van der Waals surface area contributed by atoms with Crippen molar-refractivity contribution in [3.8, 4) is 0 Å². The van der Waals surface area contributed by atoms with Crippen LogP contribution in [0.2, 0.25) is 0 Å². The summed E-state index contributed by atoms with van der Waals surface area (Å²) >= 11 is 1.24. The van der Waals surface area contributed by atoms with Gasteiger partial charge in [0.15, 0.2) is 0 Å². The number of aryl methyl sites for hydroxylation is 1. The second-order valence-corrected chi connectivity index (χ2v) is 8.04. The molecule has 0 fully saturated rings. The number of aliphatic hydroxyl groups excluding tert-OH is 1. The SMILES string of the molecule is Cn1cc(CCN2C(=O)C(SCCO)=C(c3ccccc3)C2=O)c2ccccc21. The molecule has 1 aliphatic heterocycles. The minimum atomic E-state index is -0.271. The zero-order valence-electron chi connectivity index (χ0n) is 16.2. The number of rotatable bonds is 7. The first-order chi connectivity index (χ1) is 14.1. The van der Waals surface area contributed by atoms with Crippen LogP contribution < -0.4 is 0 Å². The quantitative estimate of drug-likeness (QED) is 0.612. The van der Waals surface area contributed by atoms with Crippen LogP contribution in [0.25, 0.3) is 16.5 Å². The Morgan fingerprint density at radius 1 is 0.966 bits per heavy atom. The molecular formula is C23H22N2O3S. The van der Waals surface area contributed by atoms with Crippen molar-refractivity contribution in [3.05, 3.63) is 76.8 Å². The van der Waals surface area contributed by atoms with Crippen LogP contribution >= 0.6 is 11.8 Å². The molecule has 0 radical (unpaired) electrons. The number of hydrogen-bond acceptors (Lipinski definition) is 4. The van der Waals surface area contributed by atoms with Gasteiger partial charge >= 0.3 is 0 Å². The lowest BCUT2D eigenvalue weighted by molar-refractivity contribution is -0.136. The Morgan fingerprint density at radius 3 is 2.45 bits per heavy atom. The van der Waals surface area contributed by atoms with E-state index >= 15 is 0 Å². The number of aliphatic hydroxyl groups is 1. The van der Waals surface area contributed by atoms with Gasteiger partial charge in [-0.2, -0.15) is 0 Å². The highest BCUT2D eigenvalue weighted by molar-refractivity contribution is 8.04. The molecule has 1 N–H and O–H groups in total. The van der Waals surface area contributed by atoms with Gasteiger partial charge in [0.25, 0.3) is 11.8 Å². The molecule has 5 nitrogen and oxygen atoms in total. The van der Waals surface area contributed by atoms with Gasteiger partial charge in [0, 0.05) is 36.4 Å². The van der Waals surface area contributed by atoms with Crippen LogP contribution in [-0.2, 0) is 23.1 Å². The van der Waals surface area contributed by atoms with Crippen molar-refractivity contribution < 1.29 is 14.7 Å². The Hall–Kier alpha value is -2.83. The third kappa shape index (κ3) is 3.61. The fourth-order valence-electron chi connectivity index (χ4n) is 3.75. The minimum Gasteiger partial charge on any atom is -0.396 e. The molecule has 0 atom stereocenters. The van der Waals surface area contributed by atoms with E-state index in [1.165, 1.54) is 16.7 Å². The molecule has 0 aliphatic carbocycles. The number of benzene rings is 2. The van der Waals surface area contributed by atoms with Crippen molar-refractivity contribution in [1.29, 1.82) is 0 Å². The van der Waals surface area contributed by atoms with E-state index in [-0.39, 0.29) is 18.4 Å². The van der Waals surface area contributed by atoms with E-state index in [4.69, 9.17) is 0 Å². The molecule has 148 valence electrons. The Kier molecular flexibility index (Phi) is 5.56. The first-order valence-electron chi connectivity index (χ1n) is 9.54. The highest BCUT2D eigenvalue weighted by Crippen LogP contribution is 2.36. The van der Waals surface area contributed by atoms with Gasteiger partial charge < -0.3 is 9.67 Å². The maximum absolute atomic E-state index is 13.1. The number of carbonyl (C=O) groups excluding carboxylic acids is 2. The largest absolute Gasteiger partial charge is 0.396 e. The summed E-state index contributed by atoms with van der Waals surface area (Å²) in [5.74, 6) is -0.156. The molecule has 3 aromatic rings. The van der Waals surface area contributed by atoms with Gasteiger partial charge in [-0.05, 0) is 23.6 Å². The van der Waals surface area contributed by atoms with E-state index in [1.807, 2.05) is 49.5 Å². The van der Waals surface area contributed by atoms with E-state index in [1.54, 1.807) is 0 Å². The molecular weight excluding hydrogens is 384 g/mol. The van der Waals surface area contributed by atoms with E-state index < -0.39 is 0 Å². The number of nitrogens with zero attached hydrogens (tertiary/aromatic N) is 2. The summed E-state index contributed by atoms with van der Waals surface area (Å²) < 4.78 is 2.06. The lowest BCUT2D eigenvalue weighted by atomic mass is 10.1. The third-order valence-electron chi connectivity index (χ3n) is 5.11. The predicted octanol–water partition coefficient (Wildman–Crippen LogP) is 3.23. The molecule has 4 rings (SSSR count). The summed E-state index contributed by atoms with van der Waals surface area (Å²) in [6.45, 7) is 0.277. The first-order valence-corrected chi connectivity index (χ1v) is 10.5. The minimum absolute atomic E-state index is 0.0479.